The summed E-state index contributed by atoms with van der Waals surface area (Å²) in [6.07, 6.45) is 0.383. The lowest BCUT2D eigenvalue weighted by molar-refractivity contribution is -0.132. The van der Waals surface area contributed by atoms with E-state index in [1.54, 1.807) is 6.07 Å². The summed E-state index contributed by atoms with van der Waals surface area (Å²) >= 11 is 5.92. The molecule has 5 heteroatoms. The molecule has 0 aromatic heterocycles. The van der Waals surface area contributed by atoms with Crippen LogP contribution in [0.15, 0.2) is 24.3 Å². The molecule has 0 spiro atoms. The molecular weight excluding hydrogens is 274 g/mol. The quantitative estimate of drug-likeness (QED) is 0.855. The zero-order valence-corrected chi connectivity index (χ0v) is 12.3. The normalized spacial score (nSPS) is 17.6. The standard InChI is InChI=1S/C15H18ClN3O/c1-12(11-17)18-5-7-19(8-6-18)15(20)10-13-3-2-4-14(16)9-13/h2-4,9,12H,5-8,10H2,1H3. The first-order valence-electron chi connectivity index (χ1n) is 6.76. The van der Waals surface area contributed by atoms with E-state index in [1.807, 2.05) is 30.0 Å². The largest absolute Gasteiger partial charge is 0.340 e. The molecule has 0 N–H and O–H groups in total. The number of hydrogen-bond acceptors (Lipinski definition) is 3. The van der Waals surface area contributed by atoms with Crippen LogP contribution in [-0.4, -0.2) is 47.9 Å². The summed E-state index contributed by atoms with van der Waals surface area (Å²) in [7, 11) is 0. The van der Waals surface area contributed by atoms with Gasteiger partial charge in [-0.1, -0.05) is 23.7 Å². The maximum absolute atomic E-state index is 12.2. The Bertz CT molecular complexity index is 518. The lowest BCUT2D eigenvalue weighted by Gasteiger charge is -2.36. The van der Waals surface area contributed by atoms with Gasteiger partial charge in [0.05, 0.1) is 18.5 Å². The molecule has 1 heterocycles. The second-order valence-corrected chi connectivity index (χ2v) is 5.46. The monoisotopic (exact) mass is 291 g/mol. The fourth-order valence-corrected chi connectivity index (χ4v) is 2.59. The van der Waals surface area contributed by atoms with Gasteiger partial charge < -0.3 is 4.90 Å². The SMILES string of the molecule is CC(C#N)N1CCN(C(=O)Cc2cccc(Cl)c2)CC1. The maximum atomic E-state index is 12.2. The maximum Gasteiger partial charge on any atom is 0.227 e. The molecule has 1 amide bonds. The molecule has 2 rings (SSSR count). The highest BCUT2D eigenvalue weighted by Crippen LogP contribution is 2.13. The van der Waals surface area contributed by atoms with E-state index in [0.29, 0.717) is 24.5 Å². The topological polar surface area (TPSA) is 47.3 Å². The van der Waals surface area contributed by atoms with Crippen molar-refractivity contribution >= 4 is 17.5 Å². The van der Waals surface area contributed by atoms with Crippen LogP contribution in [-0.2, 0) is 11.2 Å². The van der Waals surface area contributed by atoms with Crippen LogP contribution in [0.3, 0.4) is 0 Å². The molecule has 0 bridgehead atoms. The average molecular weight is 292 g/mol. The van der Waals surface area contributed by atoms with Crippen LogP contribution in [0.1, 0.15) is 12.5 Å². The molecule has 20 heavy (non-hydrogen) atoms. The van der Waals surface area contributed by atoms with Crippen molar-refractivity contribution in [2.45, 2.75) is 19.4 Å². The van der Waals surface area contributed by atoms with Gasteiger partial charge in [0.2, 0.25) is 5.91 Å². The molecule has 1 aromatic rings. The first-order valence-corrected chi connectivity index (χ1v) is 7.14. The molecule has 1 aliphatic rings. The molecule has 0 radical (unpaired) electrons. The molecule has 1 aliphatic heterocycles. The van der Waals surface area contributed by atoms with E-state index in [2.05, 4.69) is 11.0 Å². The smallest absolute Gasteiger partial charge is 0.227 e. The van der Waals surface area contributed by atoms with E-state index in [4.69, 9.17) is 16.9 Å². The van der Waals surface area contributed by atoms with E-state index in [9.17, 15) is 4.79 Å². The lowest BCUT2D eigenvalue weighted by atomic mass is 10.1. The molecule has 1 fully saturated rings. The summed E-state index contributed by atoms with van der Waals surface area (Å²) in [5.74, 6) is 0.122. The predicted octanol–water partition coefficient (Wildman–Crippen LogP) is 1.94. The number of amides is 1. The van der Waals surface area contributed by atoms with Crippen molar-refractivity contribution in [1.29, 1.82) is 5.26 Å². The fraction of sp³-hybridized carbons (Fsp3) is 0.467. The summed E-state index contributed by atoms with van der Waals surface area (Å²) in [4.78, 5) is 16.2. The first-order chi connectivity index (χ1) is 9.60. The predicted molar refractivity (Wildman–Crippen MR) is 78.4 cm³/mol. The van der Waals surface area contributed by atoms with Gasteiger partial charge in [-0.05, 0) is 24.6 Å². The Kier molecular flexibility index (Phi) is 4.99. The van der Waals surface area contributed by atoms with Gasteiger partial charge in [-0.15, -0.1) is 0 Å². The van der Waals surface area contributed by atoms with E-state index >= 15 is 0 Å². The van der Waals surface area contributed by atoms with Crippen molar-refractivity contribution in [3.8, 4) is 6.07 Å². The first kappa shape index (κ1) is 14.8. The molecule has 4 nitrogen and oxygen atoms in total. The molecule has 1 saturated heterocycles. The molecule has 106 valence electrons. The summed E-state index contributed by atoms with van der Waals surface area (Å²) in [5, 5.41) is 9.55. The second-order valence-electron chi connectivity index (χ2n) is 5.03. The number of halogens is 1. The molecule has 1 unspecified atom stereocenters. The van der Waals surface area contributed by atoms with Crippen molar-refractivity contribution in [3.05, 3.63) is 34.9 Å². The highest BCUT2D eigenvalue weighted by Gasteiger charge is 2.23. The number of benzene rings is 1. The van der Waals surface area contributed by atoms with Gasteiger partial charge in [0.25, 0.3) is 0 Å². The minimum Gasteiger partial charge on any atom is -0.340 e. The van der Waals surface area contributed by atoms with Crippen molar-refractivity contribution in [2.75, 3.05) is 26.2 Å². The highest BCUT2D eigenvalue weighted by molar-refractivity contribution is 6.30. The van der Waals surface area contributed by atoms with Gasteiger partial charge >= 0.3 is 0 Å². The Labute approximate surface area is 124 Å². The number of nitrogens with zero attached hydrogens (tertiary/aromatic N) is 3. The summed E-state index contributed by atoms with van der Waals surface area (Å²) in [5.41, 5.74) is 0.940. The van der Waals surface area contributed by atoms with Crippen LogP contribution >= 0.6 is 11.6 Å². The minimum atomic E-state index is -0.0832. The van der Waals surface area contributed by atoms with Crippen LogP contribution in [0.2, 0.25) is 5.02 Å². The number of hydrogen-bond donors (Lipinski definition) is 0. The van der Waals surface area contributed by atoms with E-state index < -0.39 is 0 Å². The summed E-state index contributed by atoms with van der Waals surface area (Å²) < 4.78 is 0. The summed E-state index contributed by atoms with van der Waals surface area (Å²) in [6, 6.07) is 9.55. The number of rotatable bonds is 3. The number of piperazine rings is 1. The molecular formula is C15H18ClN3O. The number of carbonyl (C=O) groups excluding carboxylic acids is 1. The Hall–Kier alpha value is -1.57. The Morgan fingerprint density at radius 2 is 2.10 bits per heavy atom. The van der Waals surface area contributed by atoms with Crippen LogP contribution < -0.4 is 0 Å². The Balaban J connectivity index is 1.88. The minimum absolute atomic E-state index is 0.0832. The van der Waals surface area contributed by atoms with Crippen molar-refractivity contribution in [3.63, 3.8) is 0 Å². The third kappa shape index (κ3) is 3.72. The van der Waals surface area contributed by atoms with Gasteiger partial charge in [0, 0.05) is 31.2 Å². The van der Waals surface area contributed by atoms with Crippen LogP contribution in [0, 0.1) is 11.3 Å². The molecule has 0 aliphatic carbocycles. The average Bonchev–Trinajstić information content (AvgIpc) is 2.46. The van der Waals surface area contributed by atoms with E-state index in [0.717, 1.165) is 18.7 Å². The van der Waals surface area contributed by atoms with Crippen molar-refractivity contribution < 1.29 is 4.79 Å². The van der Waals surface area contributed by atoms with Crippen molar-refractivity contribution in [1.82, 2.24) is 9.80 Å². The van der Waals surface area contributed by atoms with Gasteiger partial charge in [0.1, 0.15) is 0 Å². The number of carbonyl (C=O) groups is 1. The van der Waals surface area contributed by atoms with Crippen LogP contribution in [0.5, 0.6) is 0 Å². The zero-order valence-electron chi connectivity index (χ0n) is 11.6. The lowest BCUT2D eigenvalue weighted by Crippen LogP contribution is -2.51. The fourth-order valence-electron chi connectivity index (χ4n) is 2.37. The third-order valence-electron chi connectivity index (χ3n) is 3.65. The van der Waals surface area contributed by atoms with Gasteiger partial charge in [-0.2, -0.15) is 5.26 Å². The van der Waals surface area contributed by atoms with E-state index in [1.165, 1.54) is 0 Å². The van der Waals surface area contributed by atoms with Gasteiger partial charge in [0.15, 0.2) is 0 Å². The molecule has 1 aromatic carbocycles. The molecule has 0 saturated carbocycles. The van der Waals surface area contributed by atoms with Gasteiger partial charge in [-0.25, -0.2) is 0 Å². The Morgan fingerprint density at radius 3 is 2.70 bits per heavy atom. The van der Waals surface area contributed by atoms with Crippen LogP contribution in [0.25, 0.3) is 0 Å². The third-order valence-corrected chi connectivity index (χ3v) is 3.88. The Morgan fingerprint density at radius 1 is 1.40 bits per heavy atom. The molecule has 1 atom stereocenters. The van der Waals surface area contributed by atoms with Crippen LogP contribution in [0.4, 0.5) is 0 Å². The zero-order chi connectivity index (χ0) is 14.5. The highest BCUT2D eigenvalue weighted by atomic mass is 35.5. The summed E-state index contributed by atoms with van der Waals surface area (Å²) in [6.45, 7) is 4.78. The second kappa shape index (κ2) is 6.74. The van der Waals surface area contributed by atoms with Gasteiger partial charge in [-0.3, -0.25) is 9.69 Å². The van der Waals surface area contributed by atoms with Crippen molar-refractivity contribution in [2.24, 2.45) is 0 Å². The van der Waals surface area contributed by atoms with E-state index in [-0.39, 0.29) is 11.9 Å². The number of nitriles is 1.